The molecule has 0 spiro atoms. The Kier molecular flexibility index (Phi) is 3.21. The smallest absolute Gasteiger partial charge is 0.244 e. The van der Waals surface area contributed by atoms with Crippen molar-refractivity contribution in [2.24, 2.45) is 0 Å². The van der Waals surface area contributed by atoms with E-state index < -0.39 is 0 Å². The second kappa shape index (κ2) is 4.65. The summed E-state index contributed by atoms with van der Waals surface area (Å²) in [7, 11) is 0. The van der Waals surface area contributed by atoms with Gasteiger partial charge in [-0.25, -0.2) is 4.68 Å². The van der Waals surface area contributed by atoms with Crippen LogP contribution in [0.3, 0.4) is 0 Å². The van der Waals surface area contributed by atoms with E-state index in [0.717, 1.165) is 25.9 Å². The molecule has 6 heteroatoms. The highest BCUT2D eigenvalue weighted by Crippen LogP contribution is 2.10. The van der Waals surface area contributed by atoms with Gasteiger partial charge in [-0.15, -0.1) is 5.10 Å². The van der Waals surface area contributed by atoms with Crippen molar-refractivity contribution in [2.75, 3.05) is 13.1 Å². The lowest BCUT2D eigenvalue weighted by Crippen LogP contribution is -2.31. The molecule has 6 nitrogen and oxygen atoms in total. The number of rotatable bonds is 3. The van der Waals surface area contributed by atoms with E-state index in [9.17, 15) is 9.59 Å². The number of aromatic nitrogens is 3. The number of carbonyl (C=O) groups excluding carboxylic acids is 2. The number of amides is 1. The second-order valence-electron chi connectivity index (χ2n) is 4.33. The highest BCUT2D eigenvalue weighted by Gasteiger charge is 2.20. The molecular weight excluding hydrogens is 220 g/mol. The van der Waals surface area contributed by atoms with Gasteiger partial charge in [-0.05, 0) is 19.8 Å². The number of likely N-dealkylation sites (tertiary alicyclic amines) is 1. The lowest BCUT2D eigenvalue weighted by molar-refractivity contribution is -0.131. The molecular formula is C11H16N4O2. The zero-order valence-electron chi connectivity index (χ0n) is 10.1. The van der Waals surface area contributed by atoms with Gasteiger partial charge in [-0.1, -0.05) is 5.21 Å². The first-order valence-electron chi connectivity index (χ1n) is 5.78. The molecule has 0 N–H and O–H groups in total. The average Bonchev–Trinajstić information content (AvgIpc) is 2.89. The molecule has 1 aliphatic heterocycles. The number of Topliss-reactive ketones (excluding diaryl/α,β-unsaturated/α-hetero) is 1. The van der Waals surface area contributed by atoms with Gasteiger partial charge in [0.15, 0.2) is 11.5 Å². The van der Waals surface area contributed by atoms with Crippen LogP contribution in [0.2, 0.25) is 0 Å². The van der Waals surface area contributed by atoms with Gasteiger partial charge in [0.05, 0.1) is 5.69 Å². The molecule has 0 aliphatic carbocycles. The maximum absolute atomic E-state index is 11.9. The van der Waals surface area contributed by atoms with Crippen molar-refractivity contribution in [3.8, 4) is 0 Å². The largest absolute Gasteiger partial charge is 0.341 e. The van der Waals surface area contributed by atoms with Crippen LogP contribution in [-0.2, 0) is 11.3 Å². The minimum absolute atomic E-state index is 0.0469. The molecule has 92 valence electrons. The van der Waals surface area contributed by atoms with Crippen molar-refractivity contribution in [1.82, 2.24) is 19.9 Å². The van der Waals surface area contributed by atoms with Crippen molar-refractivity contribution in [2.45, 2.75) is 33.2 Å². The minimum atomic E-state index is -0.123. The second-order valence-corrected chi connectivity index (χ2v) is 4.33. The molecule has 0 radical (unpaired) electrons. The number of hydrogen-bond donors (Lipinski definition) is 0. The van der Waals surface area contributed by atoms with Crippen LogP contribution in [0.25, 0.3) is 0 Å². The van der Waals surface area contributed by atoms with Crippen LogP contribution < -0.4 is 0 Å². The predicted octanol–water partition coefficient (Wildman–Crippen LogP) is 0.412. The molecule has 17 heavy (non-hydrogen) atoms. The van der Waals surface area contributed by atoms with Gasteiger partial charge < -0.3 is 4.90 Å². The topological polar surface area (TPSA) is 68.1 Å². The molecule has 0 saturated carbocycles. The molecule has 0 atom stereocenters. The summed E-state index contributed by atoms with van der Waals surface area (Å²) in [4.78, 5) is 24.9. The number of carbonyl (C=O) groups is 2. The molecule has 2 heterocycles. The number of ketones is 1. The molecule has 1 fully saturated rings. The summed E-state index contributed by atoms with van der Waals surface area (Å²) < 4.78 is 1.50. The van der Waals surface area contributed by atoms with E-state index in [1.54, 1.807) is 6.92 Å². The zero-order valence-corrected chi connectivity index (χ0v) is 10.1. The molecule has 1 aliphatic rings. The fourth-order valence-electron chi connectivity index (χ4n) is 2.03. The van der Waals surface area contributed by atoms with E-state index in [-0.39, 0.29) is 18.2 Å². The maximum Gasteiger partial charge on any atom is 0.244 e. The van der Waals surface area contributed by atoms with E-state index >= 15 is 0 Å². The van der Waals surface area contributed by atoms with Gasteiger partial charge >= 0.3 is 0 Å². The molecule has 2 rings (SSSR count). The van der Waals surface area contributed by atoms with Crippen LogP contribution in [0.1, 0.15) is 35.9 Å². The Morgan fingerprint density at radius 2 is 1.94 bits per heavy atom. The third kappa shape index (κ3) is 2.35. The quantitative estimate of drug-likeness (QED) is 0.713. The maximum atomic E-state index is 11.9. The Balaban J connectivity index is 2.08. The van der Waals surface area contributed by atoms with Crippen LogP contribution in [0.4, 0.5) is 0 Å². The number of nitrogens with zero attached hydrogens (tertiary/aromatic N) is 4. The van der Waals surface area contributed by atoms with E-state index in [2.05, 4.69) is 10.3 Å². The molecule has 1 aromatic rings. The van der Waals surface area contributed by atoms with Crippen molar-refractivity contribution >= 4 is 11.7 Å². The summed E-state index contributed by atoms with van der Waals surface area (Å²) in [5.41, 5.74) is 1.00. The first kappa shape index (κ1) is 11.8. The van der Waals surface area contributed by atoms with E-state index in [4.69, 9.17) is 0 Å². The molecule has 0 bridgehead atoms. The van der Waals surface area contributed by atoms with Gasteiger partial charge in [-0.2, -0.15) is 0 Å². The zero-order chi connectivity index (χ0) is 12.4. The summed E-state index contributed by atoms with van der Waals surface area (Å²) in [6, 6.07) is 0. The summed E-state index contributed by atoms with van der Waals surface area (Å²) >= 11 is 0. The molecule has 0 unspecified atom stereocenters. The molecule has 1 amide bonds. The summed E-state index contributed by atoms with van der Waals surface area (Å²) in [5, 5.41) is 7.63. The Hall–Kier alpha value is -1.72. The van der Waals surface area contributed by atoms with Crippen LogP contribution >= 0.6 is 0 Å². The van der Waals surface area contributed by atoms with Gasteiger partial charge in [0.25, 0.3) is 0 Å². The highest BCUT2D eigenvalue weighted by molar-refractivity contribution is 5.93. The van der Waals surface area contributed by atoms with Crippen LogP contribution in [-0.4, -0.2) is 44.7 Å². The molecule has 1 saturated heterocycles. The first-order chi connectivity index (χ1) is 8.09. The average molecular weight is 236 g/mol. The Morgan fingerprint density at radius 3 is 2.47 bits per heavy atom. The Bertz CT molecular complexity index is 446. The van der Waals surface area contributed by atoms with Crippen molar-refractivity contribution < 1.29 is 9.59 Å². The summed E-state index contributed by atoms with van der Waals surface area (Å²) in [6.45, 7) is 5.03. The third-order valence-corrected chi connectivity index (χ3v) is 3.06. The molecule has 1 aromatic heterocycles. The summed E-state index contributed by atoms with van der Waals surface area (Å²) in [5.74, 6) is -0.0760. The third-order valence-electron chi connectivity index (χ3n) is 3.06. The molecule has 0 aromatic carbocycles. The fraction of sp³-hybridized carbons (Fsp3) is 0.636. The van der Waals surface area contributed by atoms with Gasteiger partial charge in [0, 0.05) is 20.0 Å². The Labute approximate surface area is 99.6 Å². The first-order valence-corrected chi connectivity index (χ1v) is 5.78. The van der Waals surface area contributed by atoms with Crippen LogP contribution in [0, 0.1) is 6.92 Å². The Morgan fingerprint density at radius 1 is 1.29 bits per heavy atom. The van der Waals surface area contributed by atoms with Crippen molar-refractivity contribution in [3.63, 3.8) is 0 Å². The fourth-order valence-corrected chi connectivity index (χ4v) is 2.03. The van der Waals surface area contributed by atoms with Gasteiger partial charge in [0.2, 0.25) is 5.91 Å². The lowest BCUT2D eigenvalue weighted by Gasteiger charge is -2.15. The number of hydrogen-bond acceptors (Lipinski definition) is 4. The SMILES string of the molecule is CC(=O)c1nnn(CC(=O)N2CCCC2)c1C. The summed E-state index contributed by atoms with van der Waals surface area (Å²) in [6.07, 6.45) is 2.14. The predicted molar refractivity (Wildman–Crippen MR) is 60.6 cm³/mol. The lowest BCUT2D eigenvalue weighted by atomic mass is 10.2. The van der Waals surface area contributed by atoms with Crippen LogP contribution in [0.15, 0.2) is 0 Å². The van der Waals surface area contributed by atoms with E-state index in [1.165, 1.54) is 11.6 Å². The van der Waals surface area contributed by atoms with Gasteiger partial charge in [0.1, 0.15) is 6.54 Å². The van der Waals surface area contributed by atoms with Crippen molar-refractivity contribution in [1.29, 1.82) is 0 Å². The van der Waals surface area contributed by atoms with Crippen LogP contribution in [0.5, 0.6) is 0 Å². The normalized spacial score (nSPS) is 15.3. The van der Waals surface area contributed by atoms with E-state index in [1.807, 2.05) is 4.90 Å². The standard InChI is InChI=1S/C11H16N4O2/c1-8-11(9(2)16)12-13-15(8)7-10(17)14-5-3-4-6-14/h3-7H2,1-2H3. The monoisotopic (exact) mass is 236 g/mol. The van der Waals surface area contributed by atoms with E-state index in [0.29, 0.717) is 11.4 Å². The van der Waals surface area contributed by atoms with Crippen molar-refractivity contribution in [3.05, 3.63) is 11.4 Å². The van der Waals surface area contributed by atoms with Gasteiger partial charge in [-0.3, -0.25) is 9.59 Å². The highest BCUT2D eigenvalue weighted by atomic mass is 16.2. The minimum Gasteiger partial charge on any atom is -0.341 e.